The van der Waals surface area contributed by atoms with E-state index in [4.69, 9.17) is 5.73 Å². The molecule has 0 amide bonds. The molecular weight excluding hydrogens is 264 g/mol. The van der Waals surface area contributed by atoms with Gasteiger partial charge in [0.05, 0.1) is 11.8 Å². The summed E-state index contributed by atoms with van der Waals surface area (Å²) in [7, 11) is 0. The van der Waals surface area contributed by atoms with Crippen LogP contribution < -0.4 is 5.73 Å². The molecule has 0 saturated carbocycles. The molecule has 18 heavy (non-hydrogen) atoms. The highest BCUT2D eigenvalue weighted by atomic mass is 19.4. The van der Waals surface area contributed by atoms with Crippen LogP contribution in [0.2, 0.25) is 0 Å². The summed E-state index contributed by atoms with van der Waals surface area (Å²) in [6.07, 6.45) is -8.87. The Labute approximate surface area is 98.6 Å². The molecule has 1 rings (SSSR count). The summed E-state index contributed by atoms with van der Waals surface area (Å²) in [6.45, 7) is 1.41. The average Bonchev–Trinajstić information content (AvgIpc) is 2.63. The van der Waals surface area contributed by atoms with E-state index in [0.29, 0.717) is 12.4 Å². The van der Waals surface area contributed by atoms with Crippen LogP contribution in [0, 0.1) is 0 Å². The van der Waals surface area contributed by atoms with E-state index in [0.717, 1.165) is 0 Å². The first-order chi connectivity index (χ1) is 8.07. The van der Waals surface area contributed by atoms with Crippen molar-refractivity contribution < 1.29 is 26.3 Å². The lowest BCUT2D eigenvalue weighted by Crippen LogP contribution is -2.41. The summed E-state index contributed by atoms with van der Waals surface area (Å²) in [4.78, 5) is 0. The lowest BCUT2D eigenvalue weighted by atomic mass is 10.1. The van der Waals surface area contributed by atoms with Gasteiger partial charge in [0.25, 0.3) is 0 Å². The van der Waals surface area contributed by atoms with Crippen molar-refractivity contribution in [2.75, 3.05) is 0 Å². The maximum absolute atomic E-state index is 12.7. The molecule has 0 aromatic carbocycles. The fourth-order valence-corrected chi connectivity index (χ4v) is 1.45. The maximum Gasteiger partial charge on any atom is 0.419 e. The first kappa shape index (κ1) is 14.8. The molecule has 1 heterocycles. The molecule has 0 radical (unpaired) electrons. The first-order valence-corrected chi connectivity index (χ1v) is 5.01. The summed E-state index contributed by atoms with van der Waals surface area (Å²) < 4.78 is 75.2. The molecule has 2 unspecified atom stereocenters. The number of halogens is 6. The SMILES string of the molecule is CCC(N)C(n1cc(C(F)(F)F)cn1)C(F)(F)F. The molecule has 0 aliphatic rings. The fourth-order valence-electron chi connectivity index (χ4n) is 1.45. The summed E-state index contributed by atoms with van der Waals surface area (Å²) in [6, 6.07) is -3.62. The van der Waals surface area contributed by atoms with E-state index >= 15 is 0 Å². The minimum Gasteiger partial charge on any atom is -0.326 e. The second-order valence-corrected chi connectivity index (χ2v) is 3.77. The van der Waals surface area contributed by atoms with Crippen LogP contribution in [-0.4, -0.2) is 22.0 Å². The van der Waals surface area contributed by atoms with Crippen LogP contribution in [0.25, 0.3) is 0 Å². The van der Waals surface area contributed by atoms with Gasteiger partial charge in [0.1, 0.15) is 0 Å². The normalized spacial score (nSPS) is 16.7. The van der Waals surface area contributed by atoms with Crippen LogP contribution in [0.4, 0.5) is 26.3 Å². The lowest BCUT2D eigenvalue weighted by Gasteiger charge is -2.25. The lowest BCUT2D eigenvalue weighted by molar-refractivity contribution is -0.176. The van der Waals surface area contributed by atoms with Crippen molar-refractivity contribution in [2.24, 2.45) is 5.73 Å². The van der Waals surface area contributed by atoms with Gasteiger partial charge in [-0.2, -0.15) is 31.4 Å². The van der Waals surface area contributed by atoms with E-state index in [2.05, 4.69) is 5.10 Å². The summed E-state index contributed by atoms with van der Waals surface area (Å²) in [5.74, 6) is 0. The molecule has 0 aliphatic carbocycles. The highest BCUT2D eigenvalue weighted by molar-refractivity contribution is 5.09. The van der Waals surface area contributed by atoms with E-state index in [1.54, 1.807) is 0 Å². The maximum atomic E-state index is 12.7. The van der Waals surface area contributed by atoms with Gasteiger partial charge in [-0.3, -0.25) is 4.68 Å². The highest BCUT2D eigenvalue weighted by Gasteiger charge is 2.46. The molecule has 2 atom stereocenters. The third kappa shape index (κ3) is 3.15. The zero-order valence-corrected chi connectivity index (χ0v) is 9.26. The summed E-state index contributed by atoms with van der Waals surface area (Å²) in [5.41, 5.74) is 4.06. The van der Waals surface area contributed by atoms with Crippen molar-refractivity contribution in [1.82, 2.24) is 9.78 Å². The zero-order valence-electron chi connectivity index (χ0n) is 9.26. The van der Waals surface area contributed by atoms with Crippen LogP contribution in [0.1, 0.15) is 24.9 Å². The van der Waals surface area contributed by atoms with Crippen molar-refractivity contribution in [3.05, 3.63) is 18.0 Å². The van der Waals surface area contributed by atoms with E-state index in [-0.39, 0.29) is 11.1 Å². The number of hydrogen-bond acceptors (Lipinski definition) is 2. The van der Waals surface area contributed by atoms with Crippen molar-refractivity contribution >= 4 is 0 Å². The number of alkyl halides is 6. The Hall–Kier alpha value is -1.25. The number of aromatic nitrogens is 2. The Kier molecular flexibility index (Phi) is 3.94. The molecule has 9 heteroatoms. The van der Waals surface area contributed by atoms with E-state index in [1.807, 2.05) is 0 Å². The smallest absolute Gasteiger partial charge is 0.326 e. The standard InChI is InChI=1S/C9H11F6N3/c1-2-6(16)7(9(13,14)15)18-4-5(3-17-18)8(10,11)12/h3-4,6-7H,2,16H2,1H3. The first-order valence-electron chi connectivity index (χ1n) is 5.01. The van der Waals surface area contributed by atoms with Crippen LogP contribution >= 0.6 is 0 Å². The topological polar surface area (TPSA) is 43.8 Å². The molecule has 2 N–H and O–H groups in total. The number of nitrogens with two attached hydrogens (primary N) is 1. The van der Waals surface area contributed by atoms with Crippen LogP contribution in [-0.2, 0) is 6.18 Å². The molecule has 3 nitrogen and oxygen atoms in total. The number of hydrogen-bond donors (Lipinski definition) is 1. The monoisotopic (exact) mass is 275 g/mol. The molecule has 104 valence electrons. The van der Waals surface area contributed by atoms with Gasteiger partial charge in [-0.1, -0.05) is 6.92 Å². The van der Waals surface area contributed by atoms with Crippen LogP contribution in [0.5, 0.6) is 0 Å². The molecule has 0 saturated heterocycles. The molecule has 1 aromatic rings. The van der Waals surface area contributed by atoms with Crippen LogP contribution in [0.15, 0.2) is 12.4 Å². The minimum absolute atomic E-state index is 0.0363. The quantitative estimate of drug-likeness (QED) is 0.862. The third-order valence-electron chi connectivity index (χ3n) is 2.43. The molecular formula is C9H11F6N3. The Morgan fingerprint density at radius 2 is 1.83 bits per heavy atom. The molecule has 0 spiro atoms. The Morgan fingerprint density at radius 3 is 2.17 bits per heavy atom. The Balaban J connectivity index is 3.12. The van der Waals surface area contributed by atoms with E-state index in [1.165, 1.54) is 6.92 Å². The molecule has 0 aliphatic heterocycles. The zero-order chi connectivity index (χ0) is 14.1. The second kappa shape index (κ2) is 4.79. The predicted molar refractivity (Wildman–Crippen MR) is 50.6 cm³/mol. The van der Waals surface area contributed by atoms with Gasteiger partial charge in [0.15, 0.2) is 6.04 Å². The van der Waals surface area contributed by atoms with Gasteiger partial charge in [0.2, 0.25) is 0 Å². The number of rotatable bonds is 3. The van der Waals surface area contributed by atoms with Gasteiger partial charge in [-0.05, 0) is 6.42 Å². The van der Waals surface area contributed by atoms with Gasteiger partial charge in [-0.15, -0.1) is 0 Å². The molecule has 0 bridgehead atoms. The van der Waals surface area contributed by atoms with Crippen molar-refractivity contribution in [2.45, 2.75) is 37.8 Å². The molecule has 0 fully saturated rings. The van der Waals surface area contributed by atoms with Crippen molar-refractivity contribution in [1.29, 1.82) is 0 Å². The Morgan fingerprint density at radius 1 is 1.28 bits per heavy atom. The van der Waals surface area contributed by atoms with Gasteiger partial charge < -0.3 is 5.73 Å². The van der Waals surface area contributed by atoms with Crippen molar-refractivity contribution in [3.63, 3.8) is 0 Å². The van der Waals surface area contributed by atoms with Gasteiger partial charge in [0, 0.05) is 12.2 Å². The third-order valence-corrected chi connectivity index (χ3v) is 2.43. The average molecular weight is 275 g/mol. The summed E-state index contributed by atoms with van der Waals surface area (Å²) >= 11 is 0. The largest absolute Gasteiger partial charge is 0.419 e. The molecule has 1 aromatic heterocycles. The van der Waals surface area contributed by atoms with E-state index in [9.17, 15) is 26.3 Å². The van der Waals surface area contributed by atoms with E-state index < -0.39 is 30.0 Å². The predicted octanol–water partition coefficient (Wildman–Crippen LogP) is 2.74. The van der Waals surface area contributed by atoms with Gasteiger partial charge >= 0.3 is 12.4 Å². The fraction of sp³-hybridized carbons (Fsp3) is 0.667. The summed E-state index contributed by atoms with van der Waals surface area (Å²) in [5, 5.41) is 3.12. The Bertz CT molecular complexity index is 394. The van der Waals surface area contributed by atoms with Crippen LogP contribution in [0.3, 0.4) is 0 Å². The number of nitrogens with zero attached hydrogens (tertiary/aromatic N) is 2. The minimum atomic E-state index is -4.76. The highest BCUT2D eigenvalue weighted by Crippen LogP contribution is 2.35. The van der Waals surface area contributed by atoms with Gasteiger partial charge in [-0.25, -0.2) is 0 Å². The second-order valence-electron chi connectivity index (χ2n) is 3.77. The van der Waals surface area contributed by atoms with Crippen molar-refractivity contribution in [3.8, 4) is 0 Å².